The summed E-state index contributed by atoms with van der Waals surface area (Å²) in [5.74, 6) is 0.521. The smallest absolute Gasteiger partial charge is 0.287 e. The molecule has 0 unspecified atom stereocenters. The second kappa shape index (κ2) is 7.09. The largest absolute Gasteiger partial charge is 0.393 e. The molecule has 0 radical (unpaired) electrons. The number of hydrogen-bond acceptors (Lipinski definition) is 4. The predicted octanol–water partition coefficient (Wildman–Crippen LogP) is 2.27. The van der Waals surface area contributed by atoms with Crippen molar-refractivity contribution in [2.24, 2.45) is 5.92 Å². The van der Waals surface area contributed by atoms with Crippen LogP contribution in [-0.2, 0) is 6.54 Å². The highest BCUT2D eigenvalue weighted by Crippen LogP contribution is 2.25. The number of nitrogens with zero attached hydrogens (tertiary/aromatic N) is 2. The van der Waals surface area contributed by atoms with Crippen molar-refractivity contribution in [1.82, 2.24) is 9.78 Å². The third kappa shape index (κ3) is 3.73. The van der Waals surface area contributed by atoms with Crippen molar-refractivity contribution in [3.63, 3.8) is 0 Å². The molecule has 1 aromatic heterocycles. The highest BCUT2D eigenvalue weighted by molar-refractivity contribution is 6.32. The van der Waals surface area contributed by atoms with Gasteiger partial charge in [0.25, 0.3) is 5.56 Å². The highest BCUT2D eigenvalue weighted by atomic mass is 35.5. The monoisotopic (exact) mass is 299 g/mol. The molecule has 112 valence electrons. The van der Waals surface area contributed by atoms with Crippen LogP contribution in [0.4, 0.5) is 5.69 Å². The second-order valence-corrected chi connectivity index (χ2v) is 5.83. The number of hydrogen-bond donors (Lipinski definition) is 2. The Bertz CT molecular complexity index is 496. The van der Waals surface area contributed by atoms with Gasteiger partial charge in [-0.1, -0.05) is 18.5 Å². The Kier molecular flexibility index (Phi) is 5.43. The summed E-state index contributed by atoms with van der Waals surface area (Å²) in [7, 11) is 0. The SMILES string of the molecule is CCCn1ncc(NCC2CCC(O)CC2)c(Cl)c1=O. The first-order valence-corrected chi connectivity index (χ1v) is 7.67. The number of anilines is 1. The van der Waals surface area contributed by atoms with Crippen LogP contribution < -0.4 is 10.9 Å². The molecule has 0 bridgehead atoms. The lowest BCUT2D eigenvalue weighted by Crippen LogP contribution is -2.26. The van der Waals surface area contributed by atoms with Crippen molar-refractivity contribution >= 4 is 17.3 Å². The van der Waals surface area contributed by atoms with E-state index in [0.717, 1.165) is 38.6 Å². The molecule has 1 saturated carbocycles. The fourth-order valence-corrected chi connectivity index (χ4v) is 2.78. The van der Waals surface area contributed by atoms with E-state index < -0.39 is 0 Å². The summed E-state index contributed by atoms with van der Waals surface area (Å²) in [6.45, 7) is 3.34. The molecular weight excluding hydrogens is 278 g/mol. The zero-order valence-corrected chi connectivity index (χ0v) is 12.6. The van der Waals surface area contributed by atoms with Crippen molar-refractivity contribution in [2.45, 2.75) is 51.7 Å². The first-order chi connectivity index (χ1) is 9.61. The van der Waals surface area contributed by atoms with Gasteiger partial charge in [-0.3, -0.25) is 4.79 Å². The number of halogens is 1. The highest BCUT2D eigenvalue weighted by Gasteiger charge is 2.19. The van der Waals surface area contributed by atoms with E-state index in [-0.39, 0.29) is 16.7 Å². The molecule has 1 aromatic rings. The van der Waals surface area contributed by atoms with Gasteiger partial charge in [0.05, 0.1) is 18.0 Å². The second-order valence-electron chi connectivity index (χ2n) is 5.46. The summed E-state index contributed by atoms with van der Waals surface area (Å²) < 4.78 is 1.39. The molecule has 0 spiro atoms. The molecule has 0 amide bonds. The lowest BCUT2D eigenvalue weighted by atomic mass is 9.87. The number of aryl methyl sites for hydroxylation is 1. The van der Waals surface area contributed by atoms with Gasteiger partial charge in [0.1, 0.15) is 5.02 Å². The molecule has 2 rings (SSSR count). The Morgan fingerprint density at radius 3 is 2.80 bits per heavy atom. The zero-order valence-electron chi connectivity index (χ0n) is 11.8. The Labute approximate surface area is 124 Å². The van der Waals surface area contributed by atoms with Crippen LogP contribution in [0, 0.1) is 5.92 Å². The maximum atomic E-state index is 12.0. The maximum absolute atomic E-state index is 12.0. The minimum Gasteiger partial charge on any atom is -0.393 e. The average molecular weight is 300 g/mol. The third-order valence-electron chi connectivity index (χ3n) is 3.82. The van der Waals surface area contributed by atoms with Crippen molar-refractivity contribution < 1.29 is 5.11 Å². The van der Waals surface area contributed by atoms with Crippen LogP contribution in [0.1, 0.15) is 39.0 Å². The van der Waals surface area contributed by atoms with Crippen molar-refractivity contribution in [2.75, 3.05) is 11.9 Å². The summed E-state index contributed by atoms with van der Waals surface area (Å²) >= 11 is 6.10. The van der Waals surface area contributed by atoms with E-state index in [1.165, 1.54) is 4.68 Å². The Morgan fingerprint density at radius 1 is 1.45 bits per heavy atom. The molecule has 1 heterocycles. The molecule has 5 nitrogen and oxygen atoms in total. The van der Waals surface area contributed by atoms with Crippen LogP contribution in [0.15, 0.2) is 11.0 Å². The molecule has 1 aliphatic rings. The van der Waals surface area contributed by atoms with Gasteiger partial charge in [0.2, 0.25) is 0 Å². The van der Waals surface area contributed by atoms with E-state index in [9.17, 15) is 9.90 Å². The van der Waals surface area contributed by atoms with Gasteiger partial charge < -0.3 is 10.4 Å². The van der Waals surface area contributed by atoms with E-state index in [1.807, 2.05) is 6.92 Å². The van der Waals surface area contributed by atoms with E-state index in [2.05, 4.69) is 10.4 Å². The van der Waals surface area contributed by atoms with Gasteiger partial charge >= 0.3 is 0 Å². The number of nitrogens with one attached hydrogen (secondary N) is 1. The van der Waals surface area contributed by atoms with E-state index in [4.69, 9.17) is 11.6 Å². The first-order valence-electron chi connectivity index (χ1n) is 7.29. The minimum atomic E-state index is -0.238. The molecule has 6 heteroatoms. The first kappa shape index (κ1) is 15.3. The summed E-state index contributed by atoms with van der Waals surface area (Å²) in [5.41, 5.74) is 0.368. The maximum Gasteiger partial charge on any atom is 0.287 e. The molecule has 1 aliphatic carbocycles. The summed E-state index contributed by atoms with van der Waals surface area (Å²) in [6, 6.07) is 0. The quantitative estimate of drug-likeness (QED) is 0.875. The van der Waals surface area contributed by atoms with Crippen LogP contribution in [-0.4, -0.2) is 27.5 Å². The topological polar surface area (TPSA) is 67.2 Å². The standard InChI is InChI=1S/C14H22ClN3O2/c1-2-7-18-14(20)13(15)12(9-17-18)16-8-10-3-5-11(19)6-4-10/h9-11,16,19H,2-8H2,1H3. The molecule has 0 saturated heterocycles. The Morgan fingerprint density at radius 2 is 2.15 bits per heavy atom. The molecule has 0 atom stereocenters. The van der Waals surface area contributed by atoms with Crippen LogP contribution in [0.3, 0.4) is 0 Å². The Balaban J connectivity index is 1.96. The predicted molar refractivity (Wildman–Crippen MR) is 80.3 cm³/mol. The fraction of sp³-hybridized carbons (Fsp3) is 0.714. The lowest BCUT2D eigenvalue weighted by molar-refractivity contribution is 0.111. The molecule has 0 aliphatic heterocycles. The number of aliphatic hydroxyl groups is 1. The van der Waals surface area contributed by atoms with Crippen LogP contribution >= 0.6 is 11.6 Å². The van der Waals surface area contributed by atoms with E-state index >= 15 is 0 Å². The van der Waals surface area contributed by atoms with Gasteiger partial charge in [-0.2, -0.15) is 5.10 Å². The minimum absolute atomic E-state index is 0.144. The molecule has 20 heavy (non-hydrogen) atoms. The Hall–Kier alpha value is -1.07. The van der Waals surface area contributed by atoms with Crippen molar-refractivity contribution in [1.29, 1.82) is 0 Å². The van der Waals surface area contributed by atoms with Crippen LogP contribution in [0.2, 0.25) is 5.02 Å². The molecule has 1 fully saturated rings. The van der Waals surface area contributed by atoms with Gasteiger partial charge in [-0.25, -0.2) is 4.68 Å². The van der Waals surface area contributed by atoms with Crippen molar-refractivity contribution in [3.8, 4) is 0 Å². The van der Waals surface area contributed by atoms with Crippen molar-refractivity contribution in [3.05, 3.63) is 21.6 Å². The normalized spacial score (nSPS) is 22.8. The summed E-state index contributed by atoms with van der Waals surface area (Å²) in [5, 5.41) is 17.0. The molecule has 2 N–H and O–H groups in total. The number of aliphatic hydroxyl groups excluding tert-OH is 1. The van der Waals surface area contributed by atoms with Crippen LogP contribution in [0.25, 0.3) is 0 Å². The zero-order chi connectivity index (χ0) is 14.5. The average Bonchev–Trinajstić information content (AvgIpc) is 2.45. The third-order valence-corrected chi connectivity index (χ3v) is 4.18. The van der Waals surface area contributed by atoms with E-state index in [0.29, 0.717) is 18.2 Å². The molecule has 0 aromatic carbocycles. The van der Waals surface area contributed by atoms with Crippen LogP contribution in [0.5, 0.6) is 0 Å². The number of aromatic nitrogens is 2. The number of rotatable bonds is 5. The van der Waals surface area contributed by atoms with E-state index in [1.54, 1.807) is 6.20 Å². The van der Waals surface area contributed by atoms with Gasteiger partial charge in [-0.15, -0.1) is 0 Å². The van der Waals surface area contributed by atoms with Gasteiger partial charge in [-0.05, 0) is 38.0 Å². The lowest BCUT2D eigenvalue weighted by Gasteiger charge is -2.25. The fourth-order valence-electron chi connectivity index (χ4n) is 2.56. The summed E-state index contributed by atoms with van der Waals surface area (Å²) in [4.78, 5) is 12.0. The van der Waals surface area contributed by atoms with Gasteiger partial charge in [0, 0.05) is 13.1 Å². The summed E-state index contributed by atoms with van der Waals surface area (Å²) in [6.07, 6.45) is 6.05. The molecular formula is C14H22ClN3O2. The van der Waals surface area contributed by atoms with Gasteiger partial charge in [0.15, 0.2) is 0 Å².